The third-order valence-electron chi connectivity index (χ3n) is 8.38. The molecule has 5 rings (SSSR count). The minimum Gasteiger partial charge on any atom is -0.493 e. The molecule has 2 aromatic rings. The van der Waals surface area contributed by atoms with Crippen LogP contribution < -0.4 is 30.7 Å². The van der Waals surface area contributed by atoms with Gasteiger partial charge in [0.1, 0.15) is 17.6 Å². The molecule has 2 fully saturated rings. The summed E-state index contributed by atoms with van der Waals surface area (Å²) in [6.45, 7) is 4.31. The third-order valence-corrected chi connectivity index (χ3v) is 8.38. The number of carbonyl (C=O) groups is 5. The fourth-order valence-electron chi connectivity index (χ4n) is 5.81. The summed E-state index contributed by atoms with van der Waals surface area (Å²) in [5, 5.41) is 11.4. The largest absolute Gasteiger partial charge is 0.493 e. The number of methoxy groups -OCH3 is 2. The van der Waals surface area contributed by atoms with Crippen LogP contribution in [0.5, 0.6) is 11.5 Å². The number of hydrogen-bond acceptors (Lipinski definition) is 8. The molecule has 3 aliphatic rings. The van der Waals surface area contributed by atoms with Crippen LogP contribution in [0.15, 0.2) is 30.6 Å². The lowest BCUT2D eigenvalue weighted by molar-refractivity contribution is -0.135. The molecule has 0 unspecified atom stereocenters. The summed E-state index contributed by atoms with van der Waals surface area (Å²) in [7, 11) is 3.01. The van der Waals surface area contributed by atoms with E-state index in [1.165, 1.54) is 20.4 Å². The van der Waals surface area contributed by atoms with E-state index in [-0.39, 0.29) is 55.3 Å². The Morgan fingerprint density at radius 2 is 1.80 bits per heavy atom. The van der Waals surface area contributed by atoms with Gasteiger partial charge in [-0.25, -0.2) is 0 Å². The molecule has 5 amide bonds. The van der Waals surface area contributed by atoms with Crippen molar-refractivity contribution in [2.24, 2.45) is 5.92 Å². The molecule has 0 radical (unpaired) electrons. The molecule has 1 aromatic carbocycles. The van der Waals surface area contributed by atoms with Crippen molar-refractivity contribution in [1.82, 2.24) is 31.2 Å². The average Bonchev–Trinajstić information content (AvgIpc) is 3.68. The molecule has 2 aliphatic heterocycles. The highest BCUT2D eigenvalue weighted by Crippen LogP contribution is 2.40. The Bertz CT molecular complexity index is 1500. The number of aromatic nitrogens is 1. The fourth-order valence-corrected chi connectivity index (χ4v) is 5.81. The van der Waals surface area contributed by atoms with Crippen molar-refractivity contribution in [3.05, 3.63) is 41.7 Å². The molecular weight excluding hydrogens is 580 g/mol. The number of pyridine rings is 1. The molecule has 13 nitrogen and oxygen atoms in total. The molecule has 1 saturated heterocycles. The van der Waals surface area contributed by atoms with Crippen LogP contribution in [0.3, 0.4) is 0 Å². The average molecular weight is 621 g/mol. The Morgan fingerprint density at radius 1 is 1.04 bits per heavy atom. The molecule has 13 heteroatoms. The van der Waals surface area contributed by atoms with E-state index >= 15 is 0 Å². The number of nitrogens with zero attached hydrogens (tertiary/aromatic N) is 2. The van der Waals surface area contributed by atoms with E-state index in [0.29, 0.717) is 53.9 Å². The highest BCUT2D eigenvalue weighted by molar-refractivity contribution is 6.02. The zero-order valence-electron chi connectivity index (χ0n) is 26.0. The van der Waals surface area contributed by atoms with Gasteiger partial charge in [0.05, 0.1) is 19.8 Å². The summed E-state index contributed by atoms with van der Waals surface area (Å²) >= 11 is 0. The molecule has 3 heterocycles. The van der Waals surface area contributed by atoms with Crippen LogP contribution in [0.25, 0.3) is 11.1 Å². The molecular formula is C32H40N6O7. The molecule has 1 saturated carbocycles. The van der Waals surface area contributed by atoms with Gasteiger partial charge in [0.2, 0.25) is 23.6 Å². The monoisotopic (exact) mass is 620 g/mol. The molecule has 1 aromatic heterocycles. The zero-order valence-corrected chi connectivity index (χ0v) is 26.0. The van der Waals surface area contributed by atoms with E-state index in [1.807, 2.05) is 19.9 Å². The summed E-state index contributed by atoms with van der Waals surface area (Å²) in [6, 6.07) is 3.76. The van der Waals surface area contributed by atoms with Crippen molar-refractivity contribution in [3.8, 4) is 22.6 Å². The van der Waals surface area contributed by atoms with Crippen molar-refractivity contribution >= 4 is 29.5 Å². The zero-order chi connectivity index (χ0) is 32.3. The van der Waals surface area contributed by atoms with Gasteiger partial charge in [-0.05, 0) is 55.4 Å². The molecule has 4 bridgehead atoms. The number of rotatable bonds is 5. The van der Waals surface area contributed by atoms with Crippen LogP contribution in [0.1, 0.15) is 61.9 Å². The number of fused-ring (bicyclic) bond motifs is 5. The van der Waals surface area contributed by atoms with Crippen LogP contribution in [-0.2, 0) is 25.7 Å². The summed E-state index contributed by atoms with van der Waals surface area (Å²) in [5.74, 6) is -0.813. The summed E-state index contributed by atoms with van der Waals surface area (Å²) in [5.41, 5.74) is 0.971. The van der Waals surface area contributed by atoms with Gasteiger partial charge in [-0.3, -0.25) is 29.0 Å². The lowest BCUT2D eigenvalue weighted by Gasteiger charge is -2.28. The maximum atomic E-state index is 13.7. The summed E-state index contributed by atoms with van der Waals surface area (Å²) < 4.78 is 11.3. The van der Waals surface area contributed by atoms with Crippen molar-refractivity contribution < 1.29 is 33.4 Å². The molecule has 1 spiro atoms. The minimum absolute atomic E-state index is 0.0979. The van der Waals surface area contributed by atoms with E-state index < -0.39 is 29.4 Å². The van der Waals surface area contributed by atoms with Crippen molar-refractivity contribution in [2.75, 3.05) is 27.3 Å². The standard InChI is InChI=1S/C32H40N6O7/c1-18(2)11-24-29(41)34-9-10-38(30(42)23-5-6-26(39)35-23)17-19-12-22(27(45-4)25(13-19)44-3)20-14-21(16-33-15-20)28(40)37-32(7-8-32)31(43)36-24/h12-16,18,23-24H,5-11,17H2,1-4H3,(H,34,41)(H,35,39)(H,36,43)(H,37,40)/t23-,24+/m0/s1. The first kappa shape index (κ1) is 31.7. The first-order chi connectivity index (χ1) is 21.5. The summed E-state index contributed by atoms with van der Waals surface area (Å²) in [4.78, 5) is 71.7. The first-order valence-corrected chi connectivity index (χ1v) is 15.2. The van der Waals surface area contributed by atoms with Gasteiger partial charge in [0.15, 0.2) is 11.5 Å². The maximum absolute atomic E-state index is 13.7. The van der Waals surface area contributed by atoms with Gasteiger partial charge in [-0.2, -0.15) is 0 Å². The lowest BCUT2D eigenvalue weighted by atomic mass is 10.00. The Hall–Kier alpha value is -4.68. The third kappa shape index (κ3) is 7.02. The topological polar surface area (TPSA) is 168 Å². The van der Waals surface area contributed by atoms with Gasteiger partial charge in [-0.1, -0.05) is 13.8 Å². The quantitative estimate of drug-likeness (QED) is 0.388. The fraction of sp³-hybridized carbons (Fsp3) is 0.500. The number of ether oxygens (including phenoxy) is 2. The second-order valence-electron chi connectivity index (χ2n) is 12.2. The molecule has 45 heavy (non-hydrogen) atoms. The smallest absolute Gasteiger partial charge is 0.253 e. The van der Waals surface area contributed by atoms with Crippen LogP contribution >= 0.6 is 0 Å². The Labute approximate surface area is 261 Å². The molecule has 4 N–H and O–H groups in total. The van der Waals surface area contributed by atoms with Crippen LogP contribution in [-0.4, -0.2) is 84.4 Å². The SMILES string of the molecule is COc1cc2cc(c1OC)-c1cncc(c1)C(=O)NC1(CC1)C(=O)N[C@H](CC(C)C)C(=O)NCCN(C(=O)[C@@H]1CCC(=O)N1)C2. The highest BCUT2D eigenvalue weighted by atomic mass is 16.5. The van der Waals surface area contributed by atoms with E-state index in [4.69, 9.17) is 9.47 Å². The maximum Gasteiger partial charge on any atom is 0.253 e. The first-order valence-electron chi connectivity index (χ1n) is 15.2. The summed E-state index contributed by atoms with van der Waals surface area (Å²) in [6.07, 6.45) is 4.92. The van der Waals surface area contributed by atoms with Gasteiger partial charge in [0.25, 0.3) is 5.91 Å². The predicted molar refractivity (Wildman–Crippen MR) is 163 cm³/mol. The molecule has 2 atom stereocenters. The number of benzene rings is 1. The van der Waals surface area contributed by atoms with Gasteiger partial charge in [0, 0.05) is 49.6 Å². The van der Waals surface area contributed by atoms with Crippen LogP contribution in [0.4, 0.5) is 0 Å². The van der Waals surface area contributed by atoms with Gasteiger partial charge >= 0.3 is 0 Å². The second kappa shape index (κ2) is 13.1. The highest BCUT2D eigenvalue weighted by Gasteiger charge is 2.52. The Balaban J connectivity index is 1.56. The van der Waals surface area contributed by atoms with Crippen LogP contribution in [0.2, 0.25) is 0 Å². The number of amides is 5. The molecule has 240 valence electrons. The van der Waals surface area contributed by atoms with Crippen molar-refractivity contribution in [1.29, 1.82) is 0 Å². The van der Waals surface area contributed by atoms with Gasteiger partial charge in [-0.15, -0.1) is 0 Å². The van der Waals surface area contributed by atoms with E-state index in [2.05, 4.69) is 26.3 Å². The normalized spacial score (nSPS) is 21.7. The predicted octanol–water partition coefficient (Wildman–Crippen LogP) is 1.30. The van der Waals surface area contributed by atoms with E-state index in [1.54, 1.807) is 23.2 Å². The minimum atomic E-state index is -1.12. The van der Waals surface area contributed by atoms with Crippen molar-refractivity contribution in [3.63, 3.8) is 0 Å². The second-order valence-corrected chi connectivity index (χ2v) is 12.2. The number of hydrogen-bond donors (Lipinski definition) is 4. The Morgan fingerprint density at radius 3 is 2.44 bits per heavy atom. The van der Waals surface area contributed by atoms with E-state index in [9.17, 15) is 24.0 Å². The van der Waals surface area contributed by atoms with Crippen LogP contribution in [0, 0.1) is 5.92 Å². The molecule has 1 aliphatic carbocycles. The van der Waals surface area contributed by atoms with E-state index in [0.717, 1.165) is 0 Å². The van der Waals surface area contributed by atoms with Gasteiger partial charge < -0.3 is 35.6 Å². The number of carbonyl (C=O) groups excluding carboxylic acids is 5. The van der Waals surface area contributed by atoms with Crippen molar-refractivity contribution in [2.45, 2.75) is 70.1 Å². The number of nitrogens with one attached hydrogen (secondary N) is 4. The Kier molecular flexibility index (Phi) is 9.26. The lowest BCUT2D eigenvalue weighted by Crippen LogP contribution is -2.56.